The van der Waals surface area contributed by atoms with Gasteiger partial charge < -0.3 is 40.9 Å². The van der Waals surface area contributed by atoms with Gasteiger partial charge in [-0.3, -0.25) is 29.2 Å². The summed E-state index contributed by atoms with van der Waals surface area (Å²) in [6, 6.07) is -1.67. The van der Waals surface area contributed by atoms with Gasteiger partial charge >= 0.3 is 11.9 Å². The summed E-state index contributed by atoms with van der Waals surface area (Å²) in [6.07, 6.45) is -2.50. The number of hydrogen-bond acceptors (Lipinski definition) is 12. The van der Waals surface area contributed by atoms with Gasteiger partial charge in [-0.2, -0.15) is 0 Å². The third kappa shape index (κ3) is 10.4. The molecule has 200 valence electrons. The van der Waals surface area contributed by atoms with Crippen molar-refractivity contribution >= 4 is 11.9 Å². The van der Waals surface area contributed by atoms with E-state index in [0.717, 1.165) is 0 Å². The van der Waals surface area contributed by atoms with E-state index >= 15 is 0 Å². The molecular formula is C20H40N4O10. The molecule has 1 rings (SSSR count). The van der Waals surface area contributed by atoms with Crippen LogP contribution >= 0.6 is 0 Å². The monoisotopic (exact) mass is 496 g/mol. The zero-order valence-corrected chi connectivity index (χ0v) is 19.4. The highest BCUT2D eigenvalue weighted by molar-refractivity contribution is 5.69. The highest BCUT2D eigenvalue weighted by Crippen LogP contribution is 2.11. The number of hydrogen-bond donors (Lipinski definition) is 8. The number of rotatable bonds is 12. The molecule has 0 aromatic carbocycles. The topological polar surface area (TPSA) is 209 Å². The van der Waals surface area contributed by atoms with Gasteiger partial charge in [-0.15, -0.1) is 0 Å². The molecule has 0 amide bonds. The molecule has 0 unspecified atom stereocenters. The van der Waals surface area contributed by atoms with Gasteiger partial charge in [-0.05, 0) is 0 Å². The number of carboxylic acids is 2. The van der Waals surface area contributed by atoms with Crippen molar-refractivity contribution in [3.05, 3.63) is 0 Å². The summed E-state index contributed by atoms with van der Waals surface area (Å²) < 4.78 is 0. The van der Waals surface area contributed by atoms with Crippen LogP contribution in [0, 0.1) is 0 Å². The smallest absolute Gasteiger partial charge is 0.317 e. The summed E-state index contributed by atoms with van der Waals surface area (Å²) in [5.41, 5.74) is 0. The lowest BCUT2D eigenvalue weighted by Crippen LogP contribution is -2.56. The number of aliphatic hydroxyl groups excluding tert-OH is 6. The van der Waals surface area contributed by atoms with Crippen LogP contribution in [0.15, 0.2) is 0 Å². The molecule has 0 aromatic heterocycles. The van der Waals surface area contributed by atoms with Crippen LogP contribution in [0.5, 0.6) is 0 Å². The first-order valence-electron chi connectivity index (χ1n) is 11.3. The molecule has 1 saturated heterocycles. The molecule has 0 saturated carbocycles. The summed E-state index contributed by atoms with van der Waals surface area (Å²) >= 11 is 0. The van der Waals surface area contributed by atoms with Gasteiger partial charge in [0.05, 0.1) is 63.8 Å². The summed E-state index contributed by atoms with van der Waals surface area (Å²) in [5.74, 6) is -2.10. The fourth-order valence-electron chi connectivity index (χ4n) is 4.09. The Hall–Kier alpha value is -1.46. The van der Waals surface area contributed by atoms with Crippen molar-refractivity contribution in [2.24, 2.45) is 0 Å². The zero-order valence-electron chi connectivity index (χ0n) is 19.4. The normalized spacial score (nSPS) is 22.3. The number of aliphatic carboxylic acids is 2. The minimum atomic E-state index is -1.25. The quantitative estimate of drug-likeness (QED) is 0.127. The van der Waals surface area contributed by atoms with E-state index in [1.54, 1.807) is 19.6 Å². The van der Waals surface area contributed by atoms with Crippen LogP contribution in [-0.4, -0.2) is 189 Å². The summed E-state index contributed by atoms with van der Waals surface area (Å²) in [6.45, 7) is -0.763. The van der Waals surface area contributed by atoms with Crippen molar-refractivity contribution in [2.45, 2.75) is 24.3 Å². The third-order valence-corrected chi connectivity index (χ3v) is 6.11. The molecule has 1 heterocycles. The summed E-state index contributed by atoms with van der Waals surface area (Å²) in [5, 5.41) is 77.4. The van der Waals surface area contributed by atoms with E-state index in [9.17, 15) is 50.4 Å². The van der Waals surface area contributed by atoms with Gasteiger partial charge in [0.2, 0.25) is 0 Å². The summed E-state index contributed by atoms with van der Waals surface area (Å²) in [7, 11) is 0. The van der Waals surface area contributed by atoms with E-state index in [1.807, 2.05) is 0 Å². The van der Waals surface area contributed by atoms with Gasteiger partial charge in [-0.25, -0.2) is 0 Å². The van der Waals surface area contributed by atoms with Crippen LogP contribution in [0.3, 0.4) is 0 Å². The number of carboxylic acid groups (broad SMARTS) is 2. The molecule has 0 radical (unpaired) electrons. The van der Waals surface area contributed by atoms with E-state index in [1.165, 1.54) is 0 Å². The fraction of sp³-hybridized carbons (Fsp3) is 0.900. The lowest BCUT2D eigenvalue weighted by atomic mass is 10.1. The van der Waals surface area contributed by atoms with E-state index < -0.39 is 62.7 Å². The first-order valence-corrected chi connectivity index (χ1v) is 11.3. The SMILES string of the molecule is O=C(O)CN1CCN(CC(=O)O)CCN([C@H](CO)[C@H](O)CO)CCN([C@H](CO)[C@H](O)CO)CC1. The van der Waals surface area contributed by atoms with Crippen molar-refractivity contribution in [3.63, 3.8) is 0 Å². The van der Waals surface area contributed by atoms with E-state index in [4.69, 9.17) is 0 Å². The lowest BCUT2D eigenvalue weighted by molar-refractivity contribution is -0.140. The van der Waals surface area contributed by atoms with Gasteiger partial charge in [0.25, 0.3) is 0 Å². The Morgan fingerprint density at radius 1 is 0.559 bits per heavy atom. The second-order valence-electron chi connectivity index (χ2n) is 8.41. The highest BCUT2D eigenvalue weighted by Gasteiger charge is 2.30. The Kier molecular flexibility index (Phi) is 14.6. The van der Waals surface area contributed by atoms with Crippen LogP contribution in [0.25, 0.3) is 0 Å². The Morgan fingerprint density at radius 3 is 1.12 bits per heavy atom. The first kappa shape index (κ1) is 30.6. The Balaban J connectivity index is 3.20. The van der Waals surface area contributed by atoms with Crippen LogP contribution in [0.2, 0.25) is 0 Å². The Labute approximate surface area is 198 Å². The molecule has 14 nitrogen and oxygen atoms in total. The van der Waals surface area contributed by atoms with Crippen molar-refractivity contribution in [2.75, 3.05) is 91.9 Å². The van der Waals surface area contributed by atoms with Crippen LogP contribution in [0.4, 0.5) is 0 Å². The second-order valence-corrected chi connectivity index (χ2v) is 8.41. The van der Waals surface area contributed by atoms with E-state index in [0.29, 0.717) is 0 Å². The second kappa shape index (κ2) is 16.3. The van der Waals surface area contributed by atoms with Crippen LogP contribution < -0.4 is 0 Å². The van der Waals surface area contributed by atoms with Gasteiger partial charge in [-0.1, -0.05) is 0 Å². The largest absolute Gasteiger partial charge is 0.480 e. The minimum absolute atomic E-state index is 0.219. The molecule has 0 spiro atoms. The standard InChI is InChI=1S/C20H40N4O10/c25-11-15(17(29)13-27)23-5-3-21(9-19(31)32)1-2-22(10-20(33)34)4-6-24(8-7-23)16(12-26)18(30)14-28/h15-18,25-30H,1-14H2,(H,31,32)(H,33,34)/t15-,16-,17-,18-/m1/s1. The predicted octanol–water partition coefficient (Wildman–Crippen LogP) is -5.19. The molecular weight excluding hydrogens is 456 g/mol. The minimum Gasteiger partial charge on any atom is -0.480 e. The predicted molar refractivity (Wildman–Crippen MR) is 119 cm³/mol. The molecule has 1 aliphatic rings. The van der Waals surface area contributed by atoms with Gasteiger partial charge in [0, 0.05) is 52.4 Å². The molecule has 1 aliphatic heterocycles. The number of aliphatic hydroxyl groups is 6. The van der Waals surface area contributed by atoms with E-state index in [-0.39, 0.29) is 65.4 Å². The molecule has 4 atom stereocenters. The zero-order chi connectivity index (χ0) is 25.7. The lowest BCUT2D eigenvalue weighted by Gasteiger charge is -2.40. The maximum atomic E-state index is 11.3. The van der Waals surface area contributed by atoms with Gasteiger partial charge in [0.15, 0.2) is 0 Å². The van der Waals surface area contributed by atoms with E-state index in [2.05, 4.69) is 0 Å². The first-order chi connectivity index (χ1) is 16.2. The molecule has 0 aromatic rings. The Morgan fingerprint density at radius 2 is 0.853 bits per heavy atom. The highest BCUT2D eigenvalue weighted by atomic mass is 16.4. The number of nitrogens with zero attached hydrogens (tertiary/aromatic N) is 4. The van der Waals surface area contributed by atoms with Crippen molar-refractivity contribution in [1.29, 1.82) is 0 Å². The average molecular weight is 497 g/mol. The molecule has 34 heavy (non-hydrogen) atoms. The van der Waals surface area contributed by atoms with Crippen LogP contribution in [0.1, 0.15) is 0 Å². The maximum absolute atomic E-state index is 11.3. The molecule has 1 fully saturated rings. The maximum Gasteiger partial charge on any atom is 0.317 e. The molecule has 14 heteroatoms. The van der Waals surface area contributed by atoms with Crippen LogP contribution in [-0.2, 0) is 9.59 Å². The van der Waals surface area contributed by atoms with Crippen molar-refractivity contribution < 1.29 is 50.4 Å². The molecule has 0 bridgehead atoms. The van der Waals surface area contributed by atoms with Crippen molar-refractivity contribution in [3.8, 4) is 0 Å². The Bertz CT molecular complexity index is 552. The number of carbonyl (C=O) groups is 2. The molecule has 0 aliphatic carbocycles. The third-order valence-electron chi connectivity index (χ3n) is 6.11. The average Bonchev–Trinajstić information content (AvgIpc) is 2.79. The molecule has 8 N–H and O–H groups in total. The van der Waals surface area contributed by atoms with Gasteiger partial charge in [0.1, 0.15) is 0 Å². The summed E-state index contributed by atoms with van der Waals surface area (Å²) in [4.78, 5) is 29.3. The van der Waals surface area contributed by atoms with Crippen molar-refractivity contribution in [1.82, 2.24) is 19.6 Å². The fourth-order valence-corrected chi connectivity index (χ4v) is 4.09.